The molecule has 24 heavy (non-hydrogen) atoms. The summed E-state index contributed by atoms with van der Waals surface area (Å²) >= 11 is 0. The molecule has 2 N–H and O–H groups in total. The number of furan rings is 1. The smallest absolute Gasteiger partial charge is 0.319 e. The second-order valence-corrected chi connectivity index (χ2v) is 5.42. The predicted molar refractivity (Wildman–Crippen MR) is 87.7 cm³/mol. The second-order valence-electron chi connectivity index (χ2n) is 5.42. The third-order valence-electron chi connectivity index (χ3n) is 3.70. The van der Waals surface area contributed by atoms with Crippen molar-refractivity contribution in [2.45, 2.75) is 6.54 Å². The number of urea groups is 1. The maximum atomic E-state index is 12.5. The molecule has 0 unspecified atom stereocenters. The quantitative estimate of drug-likeness (QED) is 0.899. The Morgan fingerprint density at radius 1 is 1.17 bits per heavy atom. The Hall–Kier alpha value is -2.80. The van der Waals surface area contributed by atoms with E-state index in [2.05, 4.69) is 10.6 Å². The van der Waals surface area contributed by atoms with Crippen LogP contribution in [0, 0.1) is 0 Å². The van der Waals surface area contributed by atoms with Gasteiger partial charge in [0.1, 0.15) is 0 Å². The van der Waals surface area contributed by atoms with Crippen molar-refractivity contribution in [3.8, 4) is 0 Å². The zero-order valence-corrected chi connectivity index (χ0v) is 13.2. The molecule has 3 amide bonds. The lowest BCUT2D eigenvalue weighted by atomic mass is 10.1. The number of carbonyl (C=O) groups excluding carboxylic acids is 2. The van der Waals surface area contributed by atoms with Gasteiger partial charge in [-0.25, -0.2) is 4.79 Å². The van der Waals surface area contributed by atoms with Crippen molar-refractivity contribution in [2.24, 2.45) is 0 Å². The number of morpholine rings is 1. The highest BCUT2D eigenvalue weighted by atomic mass is 16.5. The Kier molecular flexibility index (Phi) is 5.12. The third kappa shape index (κ3) is 4.14. The number of nitrogens with one attached hydrogen (secondary N) is 2. The second kappa shape index (κ2) is 7.65. The summed E-state index contributed by atoms with van der Waals surface area (Å²) in [5.74, 6) is -0.0549. The van der Waals surface area contributed by atoms with E-state index in [4.69, 9.17) is 9.15 Å². The van der Waals surface area contributed by atoms with Crippen molar-refractivity contribution < 1.29 is 18.7 Å². The maximum Gasteiger partial charge on any atom is 0.319 e. The van der Waals surface area contributed by atoms with Crippen LogP contribution in [0.5, 0.6) is 0 Å². The van der Waals surface area contributed by atoms with Crippen LogP contribution >= 0.6 is 0 Å². The van der Waals surface area contributed by atoms with Crippen LogP contribution in [0.3, 0.4) is 0 Å². The average molecular weight is 329 g/mol. The third-order valence-corrected chi connectivity index (χ3v) is 3.70. The number of amides is 3. The van der Waals surface area contributed by atoms with Gasteiger partial charge >= 0.3 is 6.03 Å². The zero-order valence-electron chi connectivity index (χ0n) is 13.2. The molecule has 0 aliphatic carbocycles. The topological polar surface area (TPSA) is 83.8 Å². The fraction of sp³-hybridized carbons (Fsp3) is 0.294. The minimum atomic E-state index is -0.341. The Morgan fingerprint density at radius 3 is 2.75 bits per heavy atom. The number of ether oxygens (including phenoxy) is 1. The van der Waals surface area contributed by atoms with E-state index < -0.39 is 0 Å². The minimum absolute atomic E-state index is 0.0549. The molecule has 0 atom stereocenters. The number of anilines is 1. The summed E-state index contributed by atoms with van der Waals surface area (Å²) in [5.41, 5.74) is 1.99. The molecule has 2 aromatic rings. The van der Waals surface area contributed by atoms with Gasteiger partial charge in [-0.2, -0.15) is 0 Å². The van der Waals surface area contributed by atoms with Crippen LogP contribution in [0.4, 0.5) is 10.5 Å². The Bertz CT molecular complexity index is 694. The van der Waals surface area contributed by atoms with E-state index in [0.29, 0.717) is 44.1 Å². The van der Waals surface area contributed by atoms with Gasteiger partial charge in [0.2, 0.25) is 0 Å². The lowest BCUT2D eigenvalue weighted by Crippen LogP contribution is -2.40. The highest BCUT2D eigenvalue weighted by Gasteiger charge is 2.18. The van der Waals surface area contributed by atoms with Crippen LogP contribution in [-0.2, 0) is 11.3 Å². The lowest BCUT2D eigenvalue weighted by Gasteiger charge is -2.27. The molecule has 126 valence electrons. The van der Waals surface area contributed by atoms with Crippen LogP contribution in [0.2, 0.25) is 0 Å². The van der Waals surface area contributed by atoms with Gasteiger partial charge in [-0.05, 0) is 24.3 Å². The normalized spacial score (nSPS) is 14.2. The molecule has 7 nitrogen and oxygen atoms in total. The highest BCUT2D eigenvalue weighted by molar-refractivity contribution is 5.97. The fourth-order valence-corrected chi connectivity index (χ4v) is 2.43. The zero-order chi connectivity index (χ0) is 16.8. The number of carbonyl (C=O) groups is 2. The van der Waals surface area contributed by atoms with Crippen molar-refractivity contribution in [1.82, 2.24) is 10.2 Å². The Labute approximate surface area is 139 Å². The van der Waals surface area contributed by atoms with E-state index in [1.54, 1.807) is 47.8 Å². The molecule has 1 aromatic heterocycles. The van der Waals surface area contributed by atoms with Crippen molar-refractivity contribution in [3.63, 3.8) is 0 Å². The van der Waals surface area contributed by atoms with Crippen LogP contribution in [-0.4, -0.2) is 43.1 Å². The maximum absolute atomic E-state index is 12.5. The van der Waals surface area contributed by atoms with Crippen LogP contribution < -0.4 is 10.6 Å². The number of rotatable bonds is 4. The molecule has 7 heteroatoms. The van der Waals surface area contributed by atoms with Gasteiger partial charge in [0.25, 0.3) is 5.91 Å². The molecule has 1 aliphatic heterocycles. The molecule has 0 bridgehead atoms. The van der Waals surface area contributed by atoms with Gasteiger partial charge in [-0.3, -0.25) is 4.79 Å². The van der Waals surface area contributed by atoms with E-state index in [1.165, 1.54) is 0 Å². The first-order valence-electron chi connectivity index (χ1n) is 7.75. The van der Waals surface area contributed by atoms with E-state index in [-0.39, 0.29) is 11.9 Å². The molecule has 2 heterocycles. The molecular formula is C17H19N3O4. The number of benzene rings is 1. The van der Waals surface area contributed by atoms with Crippen LogP contribution in [0.1, 0.15) is 15.9 Å². The van der Waals surface area contributed by atoms with Crippen molar-refractivity contribution in [1.29, 1.82) is 0 Å². The summed E-state index contributed by atoms with van der Waals surface area (Å²) in [5, 5.41) is 5.45. The number of hydrogen-bond acceptors (Lipinski definition) is 4. The SMILES string of the molecule is O=C(NCc1ccoc1)Nc1cccc(C(=O)N2CCOCC2)c1. The Morgan fingerprint density at radius 2 is 2.00 bits per heavy atom. The first kappa shape index (κ1) is 16.1. The van der Waals surface area contributed by atoms with Crippen molar-refractivity contribution >= 4 is 17.6 Å². The first-order valence-corrected chi connectivity index (χ1v) is 7.75. The van der Waals surface area contributed by atoms with E-state index in [1.807, 2.05) is 0 Å². The summed E-state index contributed by atoms with van der Waals surface area (Å²) in [4.78, 5) is 26.1. The van der Waals surface area contributed by atoms with Gasteiger partial charge in [-0.15, -0.1) is 0 Å². The summed E-state index contributed by atoms with van der Waals surface area (Å²) in [6.45, 7) is 2.65. The van der Waals surface area contributed by atoms with Gasteiger partial charge in [0.15, 0.2) is 0 Å². The first-order chi connectivity index (χ1) is 11.7. The fourth-order valence-electron chi connectivity index (χ4n) is 2.43. The van der Waals surface area contributed by atoms with Crippen molar-refractivity contribution in [2.75, 3.05) is 31.6 Å². The largest absolute Gasteiger partial charge is 0.472 e. The van der Waals surface area contributed by atoms with Crippen LogP contribution in [0.15, 0.2) is 47.3 Å². The molecule has 1 fully saturated rings. The lowest BCUT2D eigenvalue weighted by molar-refractivity contribution is 0.0303. The minimum Gasteiger partial charge on any atom is -0.472 e. The number of hydrogen-bond donors (Lipinski definition) is 2. The summed E-state index contributed by atoms with van der Waals surface area (Å²) < 4.78 is 10.2. The highest BCUT2D eigenvalue weighted by Crippen LogP contribution is 2.14. The predicted octanol–water partition coefficient (Wildman–Crippen LogP) is 2.07. The van der Waals surface area contributed by atoms with E-state index >= 15 is 0 Å². The summed E-state index contributed by atoms with van der Waals surface area (Å²) in [7, 11) is 0. The monoisotopic (exact) mass is 329 g/mol. The Balaban J connectivity index is 1.58. The van der Waals surface area contributed by atoms with Gasteiger partial charge in [-0.1, -0.05) is 6.07 Å². The van der Waals surface area contributed by atoms with Gasteiger partial charge < -0.3 is 24.7 Å². The van der Waals surface area contributed by atoms with E-state index in [0.717, 1.165) is 5.56 Å². The average Bonchev–Trinajstić information content (AvgIpc) is 3.14. The molecule has 0 spiro atoms. The molecule has 1 aromatic carbocycles. The van der Waals surface area contributed by atoms with E-state index in [9.17, 15) is 9.59 Å². The number of nitrogens with zero attached hydrogens (tertiary/aromatic N) is 1. The molecule has 0 saturated carbocycles. The summed E-state index contributed by atoms with van der Waals surface area (Å²) in [6.07, 6.45) is 3.12. The molecule has 1 saturated heterocycles. The van der Waals surface area contributed by atoms with Crippen molar-refractivity contribution in [3.05, 3.63) is 54.0 Å². The van der Waals surface area contributed by atoms with Gasteiger partial charge in [0, 0.05) is 36.4 Å². The standard InChI is InChI=1S/C17H19N3O4/c21-16(20-5-8-23-9-6-20)14-2-1-3-15(10-14)19-17(22)18-11-13-4-7-24-12-13/h1-4,7,10,12H,5-6,8-9,11H2,(H2,18,19,22). The molecule has 1 aliphatic rings. The van der Waals surface area contributed by atoms with Gasteiger partial charge in [0.05, 0.1) is 25.7 Å². The molecule has 3 rings (SSSR count). The summed E-state index contributed by atoms with van der Waals surface area (Å²) in [6, 6.07) is 8.35. The molecule has 0 radical (unpaired) electrons. The van der Waals surface area contributed by atoms with Crippen LogP contribution in [0.25, 0.3) is 0 Å². The molecular weight excluding hydrogens is 310 g/mol.